The fraction of sp³-hybridized carbons (Fsp3) is 0.273. The second-order valence-electron chi connectivity index (χ2n) is 6.79. The highest BCUT2D eigenvalue weighted by atomic mass is 35.5. The smallest absolute Gasteiger partial charge is 0.247 e. The van der Waals surface area contributed by atoms with Gasteiger partial charge in [0.25, 0.3) is 0 Å². The first-order valence-corrected chi connectivity index (χ1v) is 11.2. The summed E-state index contributed by atoms with van der Waals surface area (Å²) < 4.78 is 17.5. The van der Waals surface area contributed by atoms with E-state index in [1.807, 2.05) is 31.2 Å². The first kappa shape index (κ1) is 22.2. The molecule has 0 fully saturated rings. The van der Waals surface area contributed by atoms with Crippen LogP contribution in [0.5, 0.6) is 17.4 Å². The van der Waals surface area contributed by atoms with Gasteiger partial charge in [-0.05, 0) is 17.9 Å². The third kappa shape index (κ3) is 3.93. The summed E-state index contributed by atoms with van der Waals surface area (Å²) in [5, 5.41) is 9.48. The standard InChI is InChI=1S/C22H21ClN4O4S/c1-5-32-22-24-20-18(25-26-22)14-8-6-7-9-16(14)27(12(2)28)21(31-20)15-10-13(23)11-17(29-3)19(15)30-4/h6-11,21H,5H2,1-4H3. The summed E-state index contributed by atoms with van der Waals surface area (Å²) in [5.41, 5.74) is 2.25. The number of rotatable bonds is 5. The molecule has 8 nitrogen and oxygen atoms in total. The largest absolute Gasteiger partial charge is 0.493 e. The Morgan fingerprint density at radius 1 is 1.22 bits per heavy atom. The number of aromatic nitrogens is 3. The van der Waals surface area contributed by atoms with E-state index in [-0.39, 0.29) is 11.8 Å². The summed E-state index contributed by atoms with van der Waals surface area (Å²) in [6.07, 6.45) is -0.936. The van der Waals surface area contributed by atoms with Gasteiger partial charge in [0.15, 0.2) is 17.2 Å². The number of thioether (sulfide) groups is 1. The molecule has 1 unspecified atom stereocenters. The Morgan fingerprint density at radius 2 is 2.00 bits per heavy atom. The van der Waals surface area contributed by atoms with Crippen LogP contribution < -0.4 is 19.1 Å². The second kappa shape index (κ2) is 9.22. The highest BCUT2D eigenvalue weighted by Gasteiger charge is 2.37. The Bertz CT molecular complexity index is 1180. The Kier molecular flexibility index (Phi) is 6.38. The minimum absolute atomic E-state index is 0.243. The van der Waals surface area contributed by atoms with E-state index in [1.54, 1.807) is 12.1 Å². The summed E-state index contributed by atoms with van der Waals surface area (Å²) in [6, 6.07) is 10.7. The van der Waals surface area contributed by atoms with Crippen LogP contribution in [0.4, 0.5) is 5.69 Å². The average molecular weight is 473 g/mol. The Labute approximate surface area is 194 Å². The van der Waals surface area contributed by atoms with Crippen molar-refractivity contribution in [2.75, 3.05) is 24.9 Å². The minimum Gasteiger partial charge on any atom is -0.493 e. The van der Waals surface area contributed by atoms with Crippen molar-refractivity contribution < 1.29 is 19.0 Å². The second-order valence-corrected chi connectivity index (χ2v) is 8.46. The molecule has 3 aromatic rings. The number of methoxy groups -OCH3 is 2. The molecule has 2 heterocycles. The first-order valence-electron chi connectivity index (χ1n) is 9.83. The van der Waals surface area contributed by atoms with Crippen LogP contribution in [-0.2, 0) is 4.79 Å². The van der Waals surface area contributed by atoms with Gasteiger partial charge in [-0.3, -0.25) is 9.69 Å². The van der Waals surface area contributed by atoms with Crippen molar-refractivity contribution in [3.63, 3.8) is 0 Å². The van der Waals surface area contributed by atoms with Crippen molar-refractivity contribution in [1.29, 1.82) is 0 Å². The lowest BCUT2D eigenvalue weighted by atomic mass is 10.1. The van der Waals surface area contributed by atoms with Crippen LogP contribution >= 0.6 is 23.4 Å². The number of benzene rings is 2. The minimum atomic E-state index is -0.936. The van der Waals surface area contributed by atoms with E-state index in [0.717, 1.165) is 5.75 Å². The molecule has 0 aliphatic carbocycles. The summed E-state index contributed by atoms with van der Waals surface area (Å²) in [6.45, 7) is 3.47. The number of halogens is 1. The van der Waals surface area contributed by atoms with Crippen molar-refractivity contribution in [1.82, 2.24) is 15.2 Å². The van der Waals surface area contributed by atoms with Gasteiger partial charge in [-0.2, -0.15) is 4.98 Å². The maximum Gasteiger partial charge on any atom is 0.247 e. The summed E-state index contributed by atoms with van der Waals surface area (Å²) >= 11 is 7.82. The molecule has 0 bridgehead atoms. The van der Waals surface area contributed by atoms with Gasteiger partial charge in [-0.15, -0.1) is 10.2 Å². The van der Waals surface area contributed by atoms with Crippen LogP contribution in [0, 0.1) is 0 Å². The van der Waals surface area contributed by atoms with Crippen molar-refractivity contribution in [3.8, 4) is 28.6 Å². The lowest BCUT2D eigenvalue weighted by molar-refractivity contribution is -0.118. The van der Waals surface area contributed by atoms with Gasteiger partial charge in [-0.25, -0.2) is 0 Å². The van der Waals surface area contributed by atoms with Gasteiger partial charge in [-0.1, -0.05) is 48.5 Å². The fourth-order valence-electron chi connectivity index (χ4n) is 3.59. The van der Waals surface area contributed by atoms with E-state index in [4.69, 9.17) is 25.8 Å². The number of anilines is 1. The lowest BCUT2D eigenvalue weighted by Gasteiger charge is -2.31. The highest BCUT2D eigenvalue weighted by molar-refractivity contribution is 7.99. The number of para-hydroxylation sites is 1. The molecule has 0 radical (unpaired) electrons. The number of fused-ring (bicyclic) bond motifs is 3. The molecule has 1 aliphatic heterocycles. The van der Waals surface area contributed by atoms with Crippen molar-refractivity contribution >= 4 is 35.0 Å². The van der Waals surface area contributed by atoms with E-state index in [0.29, 0.717) is 44.2 Å². The van der Waals surface area contributed by atoms with Gasteiger partial charge in [0, 0.05) is 23.6 Å². The Balaban J connectivity index is 2.00. The van der Waals surface area contributed by atoms with Gasteiger partial charge in [0.2, 0.25) is 23.2 Å². The van der Waals surface area contributed by atoms with E-state index < -0.39 is 6.23 Å². The number of hydrogen-bond acceptors (Lipinski definition) is 8. The summed E-state index contributed by atoms with van der Waals surface area (Å²) in [4.78, 5) is 19.0. The van der Waals surface area contributed by atoms with E-state index in [2.05, 4.69) is 15.2 Å². The zero-order chi connectivity index (χ0) is 22.8. The zero-order valence-electron chi connectivity index (χ0n) is 18.0. The van der Waals surface area contributed by atoms with E-state index >= 15 is 0 Å². The highest BCUT2D eigenvalue weighted by Crippen LogP contribution is 2.47. The third-order valence-corrected chi connectivity index (χ3v) is 5.80. The molecular formula is C22H21ClN4O4S. The van der Waals surface area contributed by atoms with Crippen molar-refractivity contribution in [2.24, 2.45) is 0 Å². The SMILES string of the molecule is CCSc1nnc2c(n1)OC(c1cc(Cl)cc(OC)c1OC)N(C(C)=O)c1ccccc1-2. The first-order chi connectivity index (χ1) is 15.5. The Morgan fingerprint density at radius 3 is 2.69 bits per heavy atom. The number of nitrogens with zero attached hydrogens (tertiary/aromatic N) is 4. The normalized spacial score (nSPS) is 14.7. The van der Waals surface area contributed by atoms with Gasteiger partial charge >= 0.3 is 0 Å². The van der Waals surface area contributed by atoms with Gasteiger partial charge < -0.3 is 14.2 Å². The monoisotopic (exact) mass is 472 g/mol. The quantitative estimate of drug-likeness (QED) is 0.491. The van der Waals surface area contributed by atoms with Crippen LogP contribution in [0.2, 0.25) is 5.02 Å². The number of amides is 1. The Hall–Kier alpha value is -3.04. The summed E-state index contributed by atoms with van der Waals surface area (Å²) in [7, 11) is 3.04. The van der Waals surface area contributed by atoms with Gasteiger partial charge in [0.05, 0.1) is 25.5 Å². The van der Waals surface area contributed by atoms with Crippen LogP contribution in [0.1, 0.15) is 25.6 Å². The molecule has 0 spiro atoms. The molecule has 4 rings (SSSR count). The van der Waals surface area contributed by atoms with E-state index in [1.165, 1.54) is 37.8 Å². The van der Waals surface area contributed by atoms with Crippen LogP contribution in [0.25, 0.3) is 11.3 Å². The predicted molar refractivity (Wildman–Crippen MR) is 123 cm³/mol. The predicted octanol–water partition coefficient (Wildman–Crippen LogP) is 4.77. The number of ether oxygens (including phenoxy) is 3. The van der Waals surface area contributed by atoms with E-state index in [9.17, 15) is 4.79 Å². The summed E-state index contributed by atoms with van der Waals surface area (Å²) in [5.74, 6) is 1.62. The molecule has 1 aliphatic rings. The molecule has 0 N–H and O–H groups in total. The third-order valence-electron chi connectivity index (χ3n) is 4.86. The number of hydrogen-bond donors (Lipinski definition) is 0. The maximum atomic E-state index is 12.9. The van der Waals surface area contributed by atoms with Crippen LogP contribution in [0.15, 0.2) is 41.6 Å². The lowest BCUT2D eigenvalue weighted by Crippen LogP contribution is -2.36. The number of carbonyl (C=O) groups excluding carboxylic acids is 1. The average Bonchev–Trinajstić information content (AvgIpc) is 2.93. The molecule has 1 atom stereocenters. The molecule has 0 saturated carbocycles. The topological polar surface area (TPSA) is 86.7 Å². The molecule has 1 aromatic heterocycles. The van der Waals surface area contributed by atoms with Crippen LogP contribution in [0.3, 0.4) is 0 Å². The molecular weight excluding hydrogens is 452 g/mol. The van der Waals surface area contributed by atoms with Crippen molar-refractivity contribution in [2.45, 2.75) is 25.2 Å². The molecule has 166 valence electrons. The molecule has 0 saturated heterocycles. The maximum absolute atomic E-state index is 12.9. The molecule has 32 heavy (non-hydrogen) atoms. The molecule has 2 aromatic carbocycles. The van der Waals surface area contributed by atoms with Gasteiger partial charge in [0.1, 0.15) is 0 Å². The zero-order valence-corrected chi connectivity index (χ0v) is 19.5. The molecule has 10 heteroatoms. The number of carbonyl (C=O) groups is 1. The molecule has 1 amide bonds. The van der Waals surface area contributed by atoms with Crippen LogP contribution in [-0.4, -0.2) is 41.1 Å². The fourth-order valence-corrected chi connectivity index (χ4v) is 4.31. The van der Waals surface area contributed by atoms with Crippen molar-refractivity contribution in [3.05, 3.63) is 47.0 Å².